The van der Waals surface area contributed by atoms with E-state index in [2.05, 4.69) is 26.8 Å². The molecule has 0 radical (unpaired) electrons. The molecule has 116 valence electrons. The van der Waals surface area contributed by atoms with Crippen LogP contribution in [0, 0.1) is 34.5 Å². The van der Waals surface area contributed by atoms with Crippen molar-refractivity contribution in [2.45, 2.75) is 72.1 Å². The van der Waals surface area contributed by atoms with E-state index in [9.17, 15) is 4.79 Å². The zero-order valence-corrected chi connectivity index (χ0v) is 14.0. The van der Waals surface area contributed by atoms with E-state index in [-0.39, 0.29) is 5.41 Å². The van der Waals surface area contributed by atoms with Crippen LogP contribution < -0.4 is 0 Å². The standard InChI is InChI=1S/C20H30O/c1-13-8-10-19(2)14(12-13)4-5-15-16-6-7-18(21)20(16,3)11-9-17(15)19/h4,13,15-17H,5-12H2,1-3H3/t13-,15+,16+,17+,19+,20+/m1/s1. The summed E-state index contributed by atoms with van der Waals surface area (Å²) in [6.07, 6.45) is 12.5. The second-order valence-electron chi connectivity index (χ2n) is 9.03. The SMILES string of the molecule is C[C@@H]1CC[C@@]2(C)C(=CC[C@@H]3[C@@H]2CC[C@]2(C)C(=O)CC[C@@H]32)C1. The maximum absolute atomic E-state index is 12.4. The summed E-state index contributed by atoms with van der Waals surface area (Å²) >= 11 is 0. The molecule has 21 heavy (non-hydrogen) atoms. The molecule has 1 nitrogen and oxygen atoms in total. The fraction of sp³-hybridized carbons (Fsp3) is 0.850. The Labute approximate surface area is 129 Å². The van der Waals surface area contributed by atoms with Gasteiger partial charge in [0, 0.05) is 11.8 Å². The summed E-state index contributed by atoms with van der Waals surface area (Å²) in [7, 11) is 0. The summed E-state index contributed by atoms with van der Waals surface area (Å²) in [4.78, 5) is 12.4. The lowest BCUT2D eigenvalue weighted by atomic mass is 9.47. The molecule has 4 aliphatic carbocycles. The summed E-state index contributed by atoms with van der Waals surface area (Å²) in [5, 5.41) is 0. The zero-order chi connectivity index (χ0) is 14.8. The van der Waals surface area contributed by atoms with Crippen molar-refractivity contribution in [1.29, 1.82) is 0 Å². The van der Waals surface area contributed by atoms with Crippen LogP contribution in [0.15, 0.2) is 11.6 Å². The van der Waals surface area contributed by atoms with E-state index in [1.165, 1.54) is 38.5 Å². The Morgan fingerprint density at radius 3 is 2.57 bits per heavy atom. The lowest BCUT2D eigenvalue weighted by Crippen LogP contribution is -2.50. The second-order valence-corrected chi connectivity index (χ2v) is 9.03. The molecule has 0 saturated heterocycles. The van der Waals surface area contributed by atoms with E-state index in [0.29, 0.717) is 17.1 Å². The van der Waals surface area contributed by atoms with Crippen molar-refractivity contribution in [3.05, 3.63) is 11.6 Å². The molecule has 0 bridgehead atoms. The Morgan fingerprint density at radius 1 is 1.05 bits per heavy atom. The van der Waals surface area contributed by atoms with Gasteiger partial charge < -0.3 is 0 Å². The fourth-order valence-corrected chi connectivity index (χ4v) is 6.61. The topological polar surface area (TPSA) is 17.1 Å². The highest BCUT2D eigenvalue weighted by Crippen LogP contribution is 2.64. The van der Waals surface area contributed by atoms with Gasteiger partial charge in [-0.1, -0.05) is 32.4 Å². The van der Waals surface area contributed by atoms with E-state index >= 15 is 0 Å². The minimum Gasteiger partial charge on any atom is -0.299 e. The van der Waals surface area contributed by atoms with Crippen molar-refractivity contribution in [1.82, 2.24) is 0 Å². The normalized spacial score (nSPS) is 52.7. The van der Waals surface area contributed by atoms with Gasteiger partial charge >= 0.3 is 0 Å². The molecule has 1 heteroatoms. The quantitative estimate of drug-likeness (QED) is 0.562. The van der Waals surface area contributed by atoms with Crippen molar-refractivity contribution in [2.75, 3.05) is 0 Å². The smallest absolute Gasteiger partial charge is 0.139 e. The molecule has 3 fully saturated rings. The van der Waals surface area contributed by atoms with Gasteiger partial charge in [0.05, 0.1) is 0 Å². The average molecular weight is 286 g/mol. The first kappa shape index (κ1) is 14.0. The number of hydrogen-bond acceptors (Lipinski definition) is 1. The van der Waals surface area contributed by atoms with Crippen LogP contribution in [0.1, 0.15) is 72.1 Å². The number of ketones is 1. The third-order valence-electron chi connectivity index (χ3n) is 8.06. The molecule has 6 atom stereocenters. The highest BCUT2D eigenvalue weighted by molar-refractivity contribution is 5.87. The average Bonchev–Trinajstić information content (AvgIpc) is 2.76. The van der Waals surface area contributed by atoms with Crippen molar-refractivity contribution in [2.24, 2.45) is 34.5 Å². The third-order valence-corrected chi connectivity index (χ3v) is 8.06. The molecule has 0 unspecified atom stereocenters. The Hall–Kier alpha value is -0.590. The first-order chi connectivity index (χ1) is 9.95. The van der Waals surface area contributed by atoms with Gasteiger partial charge in [0.25, 0.3) is 0 Å². The van der Waals surface area contributed by atoms with Gasteiger partial charge in [0.1, 0.15) is 5.78 Å². The van der Waals surface area contributed by atoms with E-state index in [1.807, 2.05) is 0 Å². The van der Waals surface area contributed by atoms with Crippen LogP contribution in [-0.2, 0) is 4.79 Å². The molecule has 4 rings (SSSR count). The first-order valence-electron chi connectivity index (χ1n) is 9.18. The Bertz CT molecular complexity index is 504. The van der Waals surface area contributed by atoms with Crippen molar-refractivity contribution >= 4 is 5.78 Å². The van der Waals surface area contributed by atoms with Gasteiger partial charge in [0.15, 0.2) is 0 Å². The molecule has 0 aromatic rings. The summed E-state index contributed by atoms with van der Waals surface area (Å²) in [5.41, 5.74) is 2.27. The van der Waals surface area contributed by atoms with Crippen LogP contribution in [-0.4, -0.2) is 5.78 Å². The molecular weight excluding hydrogens is 256 g/mol. The van der Waals surface area contributed by atoms with Gasteiger partial charge in [-0.25, -0.2) is 0 Å². The Balaban J connectivity index is 1.69. The van der Waals surface area contributed by atoms with Crippen LogP contribution in [0.2, 0.25) is 0 Å². The van der Waals surface area contributed by atoms with E-state index in [4.69, 9.17) is 0 Å². The van der Waals surface area contributed by atoms with Gasteiger partial charge in [0.2, 0.25) is 0 Å². The monoisotopic (exact) mass is 286 g/mol. The number of Topliss-reactive ketones (excluding diaryl/α,β-unsaturated/α-hetero) is 1. The van der Waals surface area contributed by atoms with Crippen LogP contribution in [0.5, 0.6) is 0 Å². The van der Waals surface area contributed by atoms with E-state index in [1.54, 1.807) is 5.57 Å². The maximum Gasteiger partial charge on any atom is 0.139 e. The number of rotatable bonds is 0. The van der Waals surface area contributed by atoms with Gasteiger partial charge in [-0.3, -0.25) is 4.79 Å². The molecule has 0 aromatic carbocycles. The summed E-state index contributed by atoms with van der Waals surface area (Å²) in [5.74, 6) is 3.77. The molecule has 0 amide bonds. The van der Waals surface area contributed by atoms with Crippen LogP contribution in [0.3, 0.4) is 0 Å². The number of fused-ring (bicyclic) bond motifs is 5. The first-order valence-corrected chi connectivity index (χ1v) is 9.18. The molecular formula is C20H30O. The van der Waals surface area contributed by atoms with Crippen LogP contribution in [0.4, 0.5) is 0 Å². The fourth-order valence-electron chi connectivity index (χ4n) is 6.61. The largest absolute Gasteiger partial charge is 0.299 e. The van der Waals surface area contributed by atoms with Gasteiger partial charge in [-0.15, -0.1) is 0 Å². The second kappa shape index (κ2) is 4.46. The maximum atomic E-state index is 12.4. The summed E-state index contributed by atoms with van der Waals surface area (Å²) in [6, 6.07) is 0. The molecule has 3 saturated carbocycles. The van der Waals surface area contributed by atoms with E-state index < -0.39 is 0 Å². The molecule has 0 aromatic heterocycles. The van der Waals surface area contributed by atoms with Crippen LogP contribution in [0.25, 0.3) is 0 Å². The van der Waals surface area contributed by atoms with Crippen molar-refractivity contribution in [3.8, 4) is 0 Å². The minimum atomic E-state index is 0.0326. The van der Waals surface area contributed by atoms with Crippen molar-refractivity contribution in [3.63, 3.8) is 0 Å². The predicted octanol–water partition coefficient (Wildman–Crippen LogP) is 5.15. The third kappa shape index (κ3) is 1.79. The Kier molecular flexibility index (Phi) is 2.98. The Morgan fingerprint density at radius 2 is 1.76 bits per heavy atom. The molecule has 4 aliphatic rings. The summed E-state index contributed by atoms with van der Waals surface area (Å²) in [6.45, 7) is 7.26. The molecule has 0 spiro atoms. The molecule has 0 aliphatic heterocycles. The highest BCUT2D eigenvalue weighted by Gasteiger charge is 2.58. The summed E-state index contributed by atoms with van der Waals surface area (Å²) < 4.78 is 0. The minimum absolute atomic E-state index is 0.0326. The molecule has 0 N–H and O–H groups in total. The highest BCUT2D eigenvalue weighted by atomic mass is 16.1. The number of carbonyl (C=O) groups excluding carboxylic acids is 1. The lowest BCUT2D eigenvalue weighted by Gasteiger charge is -2.57. The molecule has 0 heterocycles. The number of hydrogen-bond donors (Lipinski definition) is 0. The van der Waals surface area contributed by atoms with Gasteiger partial charge in [-0.2, -0.15) is 0 Å². The van der Waals surface area contributed by atoms with Crippen molar-refractivity contribution < 1.29 is 4.79 Å². The number of allylic oxidation sites excluding steroid dienone is 2. The number of carbonyl (C=O) groups is 1. The van der Waals surface area contributed by atoms with Crippen LogP contribution >= 0.6 is 0 Å². The predicted molar refractivity (Wildman–Crippen MR) is 85.9 cm³/mol. The van der Waals surface area contributed by atoms with E-state index in [0.717, 1.165) is 30.6 Å². The lowest BCUT2D eigenvalue weighted by molar-refractivity contribution is -0.131. The zero-order valence-electron chi connectivity index (χ0n) is 14.0. The van der Waals surface area contributed by atoms with Gasteiger partial charge in [-0.05, 0) is 74.0 Å².